The number of nitrogens with one attached hydrogen (secondary N) is 2. The predicted octanol–water partition coefficient (Wildman–Crippen LogP) is 2.49. The van der Waals surface area contributed by atoms with Crippen LogP contribution >= 0.6 is 0 Å². The SMILES string of the molecule is CC(=O)OC(C)/C=C\C(=O)NC1CC(C)C(C/C=C(C)/C=C/C2O[C@H](CC(=O)N3CCCCN3)CC3(CO3)[C@@H]2O)OC1C. The summed E-state index contributed by atoms with van der Waals surface area (Å²) in [5.41, 5.74) is 3.54. The van der Waals surface area contributed by atoms with E-state index in [-0.39, 0.29) is 48.5 Å². The zero-order chi connectivity index (χ0) is 31.1. The molecule has 7 unspecified atom stereocenters. The molecule has 4 fully saturated rings. The summed E-state index contributed by atoms with van der Waals surface area (Å²) in [6.45, 7) is 11.1. The molecule has 3 N–H and O–H groups in total. The average molecular weight is 604 g/mol. The van der Waals surface area contributed by atoms with Crippen LogP contribution in [0.15, 0.2) is 36.0 Å². The molecule has 0 radical (unpaired) electrons. The first-order valence-corrected chi connectivity index (χ1v) is 15.6. The predicted molar refractivity (Wildman–Crippen MR) is 159 cm³/mol. The molecular weight excluding hydrogens is 554 g/mol. The van der Waals surface area contributed by atoms with E-state index in [4.69, 9.17) is 18.9 Å². The van der Waals surface area contributed by atoms with E-state index in [9.17, 15) is 19.5 Å². The van der Waals surface area contributed by atoms with E-state index in [1.807, 2.05) is 26.0 Å². The summed E-state index contributed by atoms with van der Waals surface area (Å²) in [6.07, 6.45) is 10.9. The average Bonchev–Trinajstić information content (AvgIpc) is 3.74. The second-order valence-electron chi connectivity index (χ2n) is 12.5. The molecule has 4 aliphatic heterocycles. The molecule has 4 heterocycles. The molecule has 4 saturated heterocycles. The van der Waals surface area contributed by atoms with Gasteiger partial charge in [-0.3, -0.25) is 19.4 Å². The van der Waals surface area contributed by atoms with Crippen LogP contribution in [0.2, 0.25) is 0 Å². The first kappa shape index (κ1) is 33.3. The Morgan fingerprint density at radius 2 is 1.95 bits per heavy atom. The normalized spacial score (nSPS) is 35.7. The fourth-order valence-corrected chi connectivity index (χ4v) is 6.09. The van der Waals surface area contributed by atoms with Gasteiger partial charge in [-0.2, -0.15) is 0 Å². The number of hydrazine groups is 1. The summed E-state index contributed by atoms with van der Waals surface area (Å²) >= 11 is 0. The number of epoxide rings is 1. The van der Waals surface area contributed by atoms with E-state index in [2.05, 4.69) is 23.7 Å². The molecule has 11 heteroatoms. The van der Waals surface area contributed by atoms with Crippen molar-refractivity contribution in [3.8, 4) is 0 Å². The molecule has 0 aliphatic carbocycles. The topological polar surface area (TPSA) is 139 Å². The van der Waals surface area contributed by atoms with Crippen LogP contribution in [0, 0.1) is 5.92 Å². The Morgan fingerprint density at radius 3 is 2.63 bits per heavy atom. The van der Waals surface area contributed by atoms with Crippen LogP contribution < -0.4 is 10.7 Å². The van der Waals surface area contributed by atoms with Crippen LogP contribution in [0.25, 0.3) is 0 Å². The number of hydrogen-bond donors (Lipinski definition) is 3. The maximum Gasteiger partial charge on any atom is 0.303 e. The molecule has 0 bridgehead atoms. The summed E-state index contributed by atoms with van der Waals surface area (Å²) in [7, 11) is 0. The van der Waals surface area contributed by atoms with Crippen molar-refractivity contribution in [1.29, 1.82) is 0 Å². The van der Waals surface area contributed by atoms with Gasteiger partial charge >= 0.3 is 5.97 Å². The Kier molecular flexibility index (Phi) is 11.6. The molecule has 2 amide bonds. The Morgan fingerprint density at radius 1 is 1.19 bits per heavy atom. The van der Waals surface area contributed by atoms with E-state index < -0.39 is 29.9 Å². The molecule has 43 heavy (non-hydrogen) atoms. The highest BCUT2D eigenvalue weighted by atomic mass is 16.6. The number of amides is 2. The van der Waals surface area contributed by atoms with Gasteiger partial charge in [-0.05, 0) is 58.4 Å². The standard InChI is InChI=1S/C32H49N3O8/c1-20(8-11-27-21(2)16-26(23(4)42-27)34-29(37)13-10-22(3)41-24(5)36)9-12-28-31(39)32(19-40-32)18-25(43-28)17-30(38)35-15-7-6-14-33-35/h8-10,12-13,21-23,25-28,31,33,39H,6-7,11,14-19H2,1-5H3,(H,34,37)/b12-9+,13-10-,20-8+/t21?,22?,23?,25-,26?,27?,28?,31-,32?/m1/s1. The molecule has 4 rings (SSSR count). The highest BCUT2D eigenvalue weighted by Crippen LogP contribution is 2.43. The van der Waals surface area contributed by atoms with E-state index in [0.29, 0.717) is 26.0 Å². The van der Waals surface area contributed by atoms with Gasteiger partial charge in [-0.25, -0.2) is 5.43 Å². The van der Waals surface area contributed by atoms with Crippen molar-refractivity contribution in [1.82, 2.24) is 15.8 Å². The third-order valence-electron chi connectivity index (χ3n) is 8.74. The molecule has 0 aromatic heterocycles. The minimum Gasteiger partial charge on any atom is -0.459 e. The van der Waals surface area contributed by atoms with Gasteiger partial charge in [0.15, 0.2) is 0 Å². The number of carbonyl (C=O) groups excluding carboxylic acids is 3. The fraction of sp³-hybridized carbons (Fsp3) is 0.719. The number of aliphatic hydroxyl groups is 1. The third kappa shape index (κ3) is 9.46. The summed E-state index contributed by atoms with van der Waals surface area (Å²) in [4.78, 5) is 36.2. The molecule has 9 atom stereocenters. The third-order valence-corrected chi connectivity index (χ3v) is 8.74. The van der Waals surface area contributed by atoms with Crippen molar-refractivity contribution in [2.45, 2.75) is 121 Å². The summed E-state index contributed by atoms with van der Waals surface area (Å²) in [6, 6.07) is -0.121. The smallest absolute Gasteiger partial charge is 0.303 e. The van der Waals surface area contributed by atoms with Crippen molar-refractivity contribution < 1.29 is 38.4 Å². The van der Waals surface area contributed by atoms with Crippen LogP contribution in [-0.4, -0.2) is 95.9 Å². The van der Waals surface area contributed by atoms with E-state index in [1.165, 1.54) is 13.0 Å². The number of aliphatic hydroxyl groups excluding tert-OH is 1. The molecule has 11 nitrogen and oxygen atoms in total. The lowest BCUT2D eigenvalue weighted by Gasteiger charge is -2.39. The lowest BCUT2D eigenvalue weighted by atomic mass is 9.87. The molecule has 1 spiro atoms. The zero-order valence-corrected chi connectivity index (χ0v) is 26.1. The van der Waals surface area contributed by atoms with Gasteiger partial charge in [-0.1, -0.05) is 30.7 Å². The number of nitrogens with zero attached hydrogens (tertiary/aromatic N) is 1. The van der Waals surface area contributed by atoms with Crippen molar-refractivity contribution >= 4 is 17.8 Å². The summed E-state index contributed by atoms with van der Waals surface area (Å²) in [5.74, 6) is -0.401. The summed E-state index contributed by atoms with van der Waals surface area (Å²) in [5, 5.41) is 15.6. The lowest BCUT2D eigenvalue weighted by molar-refractivity contribution is -0.154. The van der Waals surface area contributed by atoms with Gasteiger partial charge in [0.1, 0.15) is 23.9 Å². The van der Waals surface area contributed by atoms with Crippen molar-refractivity contribution in [2.24, 2.45) is 5.92 Å². The van der Waals surface area contributed by atoms with Crippen LogP contribution in [0.1, 0.15) is 73.1 Å². The number of carbonyl (C=O) groups is 3. The Balaban J connectivity index is 1.26. The number of allylic oxidation sites excluding steroid dienone is 2. The number of ether oxygens (including phenoxy) is 4. The first-order chi connectivity index (χ1) is 20.5. The van der Waals surface area contributed by atoms with Gasteiger partial charge in [0, 0.05) is 32.5 Å². The van der Waals surface area contributed by atoms with Crippen molar-refractivity contribution in [3.63, 3.8) is 0 Å². The minimum absolute atomic E-state index is 0.00415. The molecule has 240 valence electrons. The molecule has 0 aromatic rings. The van der Waals surface area contributed by atoms with Gasteiger partial charge in [0.05, 0.1) is 37.4 Å². The van der Waals surface area contributed by atoms with Crippen molar-refractivity contribution in [3.05, 3.63) is 36.0 Å². The van der Waals surface area contributed by atoms with E-state index in [1.54, 1.807) is 18.0 Å². The highest BCUT2D eigenvalue weighted by molar-refractivity contribution is 5.87. The summed E-state index contributed by atoms with van der Waals surface area (Å²) < 4.78 is 23.2. The Hall–Kier alpha value is -2.57. The molecule has 0 aromatic carbocycles. The maximum atomic E-state index is 12.8. The van der Waals surface area contributed by atoms with Crippen LogP contribution in [0.3, 0.4) is 0 Å². The largest absolute Gasteiger partial charge is 0.459 e. The van der Waals surface area contributed by atoms with Crippen LogP contribution in [-0.2, 0) is 33.3 Å². The quantitative estimate of drug-likeness (QED) is 0.149. The van der Waals surface area contributed by atoms with Crippen LogP contribution in [0.4, 0.5) is 0 Å². The number of rotatable bonds is 10. The molecular formula is C32H49N3O8. The van der Waals surface area contributed by atoms with Gasteiger partial charge in [0.25, 0.3) is 0 Å². The molecule has 0 saturated carbocycles. The fourth-order valence-electron chi connectivity index (χ4n) is 6.09. The molecule has 4 aliphatic rings. The van der Waals surface area contributed by atoms with E-state index in [0.717, 1.165) is 31.4 Å². The number of esters is 1. The van der Waals surface area contributed by atoms with Crippen LogP contribution in [0.5, 0.6) is 0 Å². The second kappa shape index (κ2) is 14.9. The van der Waals surface area contributed by atoms with E-state index >= 15 is 0 Å². The van der Waals surface area contributed by atoms with Gasteiger partial charge in [-0.15, -0.1) is 0 Å². The number of hydrogen-bond acceptors (Lipinski definition) is 9. The Labute approximate surface area is 255 Å². The minimum atomic E-state index is -0.787. The first-order valence-electron chi connectivity index (χ1n) is 15.6. The van der Waals surface area contributed by atoms with Gasteiger partial charge < -0.3 is 29.4 Å². The van der Waals surface area contributed by atoms with Crippen molar-refractivity contribution in [2.75, 3.05) is 19.7 Å². The zero-order valence-electron chi connectivity index (χ0n) is 26.1. The highest BCUT2D eigenvalue weighted by Gasteiger charge is 2.58. The van der Waals surface area contributed by atoms with Gasteiger partial charge in [0.2, 0.25) is 11.8 Å². The monoisotopic (exact) mass is 603 g/mol. The Bertz CT molecular complexity index is 1080. The maximum absolute atomic E-state index is 12.8. The second-order valence-corrected chi connectivity index (χ2v) is 12.5. The lowest BCUT2D eigenvalue weighted by Crippen LogP contribution is -2.52.